The topological polar surface area (TPSA) is 102 Å². The minimum absolute atomic E-state index is 0.0374. The van der Waals surface area contributed by atoms with E-state index in [-0.39, 0.29) is 34.9 Å². The number of carbonyl (C=O) groups excluding carboxylic acids is 4. The maximum Gasteiger partial charge on any atom is 0.308 e. The van der Waals surface area contributed by atoms with E-state index < -0.39 is 6.04 Å². The minimum atomic E-state index is -0.529. The third kappa shape index (κ3) is 16.1. The second kappa shape index (κ2) is 17.6. The van der Waals surface area contributed by atoms with Crippen molar-refractivity contribution in [3.8, 4) is 5.75 Å². The van der Waals surface area contributed by atoms with E-state index in [0.29, 0.717) is 30.4 Å². The Bertz CT molecular complexity index is 897. The summed E-state index contributed by atoms with van der Waals surface area (Å²) in [4.78, 5) is 48.4. The molecule has 2 amide bonds. The fourth-order valence-electron chi connectivity index (χ4n) is 3.87. The molecular weight excluding hydrogens is 520 g/mol. The molecule has 0 aliphatic rings. The number of ketones is 1. The molecule has 0 bridgehead atoms. The Morgan fingerprint density at radius 3 is 2.21 bits per heavy atom. The summed E-state index contributed by atoms with van der Waals surface area (Å²) in [6, 6.07) is 6.90. The lowest BCUT2D eigenvalue weighted by Crippen LogP contribution is -2.44. The van der Waals surface area contributed by atoms with E-state index in [1.807, 2.05) is 32.9 Å². The standard InChI is InChI=1S/C29H46N2O5S2/c1-20(2)17-24(10-8-9-23-11-13-25(14-12-23)36-22(4)33)28(35)31-26(21(3)32)19-38-37-16-15-30-27(34)18-29(5,6)7/h11-14,20,24,26H,8-10,15-19H2,1-7H3,(H,30,34)(H,31,35)/t24?,26-/m0/s1. The second-order valence-corrected chi connectivity index (χ2v) is 13.9. The highest BCUT2D eigenvalue weighted by Crippen LogP contribution is 2.24. The molecule has 2 atom stereocenters. The molecule has 1 aromatic rings. The van der Waals surface area contributed by atoms with Crippen LogP contribution in [0.25, 0.3) is 0 Å². The molecule has 214 valence electrons. The average Bonchev–Trinajstić information content (AvgIpc) is 2.78. The molecule has 0 fully saturated rings. The van der Waals surface area contributed by atoms with Gasteiger partial charge in [-0.3, -0.25) is 19.2 Å². The molecule has 1 rings (SSSR count). The number of Topliss-reactive ketones (excluding diaryl/α,β-unsaturated/α-hetero) is 1. The highest BCUT2D eigenvalue weighted by atomic mass is 33.1. The summed E-state index contributed by atoms with van der Waals surface area (Å²) in [5.41, 5.74) is 1.08. The lowest BCUT2D eigenvalue weighted by molar-refractivity contribution is -0.132. The van der Waals surface area contributed by atoms with Crippen LogP contribution in [0.15, 0.2) is 24.3 Å². The molecule has 0 saturated heterocycles. The van der Waals surface area contributed by atoms with Crippen molar-refractivity contribution in [3.63, 3.8) is 0 Å². The number of ether oxygens (including phenoxy) is 1. The lowest BCUT2D eigenvalue weighted by atomic mass is 9.90. The van der Waals surface area contributed by atoms with Crippen LogP contribution in [0.2, 0.25) is 0 Å². The Morgan fingerprint density at radius 2 is 1.66 bits per heavy atom. The monoisotopic (exact) mass is 566 g/mol. The van der Waals surface area contributed by atoms with Gasteiger partial charge in [0.2, 0.25) is 11.8 Å². The predicted molar refractivity (Wildman–Crippen MR) is 158 cm³/mol. The molecule has 0 aliphatic carbocycles. The molecule has 0 aromatic heterocycles. The molecule has 1 aromatic carbocycles. The summed E-state index contributed by atoms with van der Waals surface area (Å²) < 4.78 is 5.08. The minimum Gasteiger partial charge on any atom is -0.427 e. The average molecular weight is 567 g/mol. The fourth-order valence-corrected chi connectivity index (χ4v) is 6.02. The number of hydrogen-bond acceptors (Lipinski definition) is 7. The van der Waals surface area contributed by atoms with E-state index >= 15 is 0 Å². The second-order valence-electron chi connectivity index (χ2n) is 11.3. The first-order chi connectivity index (χ1) is 17.8. The van der Waals surface area contributed by atoms with Gasteiger partial charge < -0.3 is 15.4 Å². The fraction of sp³-hybridized carbons (Fsp3) is 0.655. The largest absolute Gasteiger partial charge is 0.427 e. The molecule has 9 heteroatoms. The van der Waals surface area contributed by atoms with Gasteiger partial charge in [0.1, 0.15) is 5.75 Å². The lowest BCUT2D eigenvalue weighted by Gasteiger charge is -2.22. The summed E-state index contributed by atoms with van der Waals surface area (Å²) in [6.07, 6.45) is 3.64. The first-order valence-corrected chi connectivity index (χ1v) is 15.8. The summed E-state index contributed by atoms with van der Waals surface area (Å²) in [5.74, 6) is 1.53. The van der Waals surface area contributed by atoms with Crippen molar-refractivity contribution in [1.82, 2.24) is 10.6 Å². The predicted octanol–water partition coefficient (Wildman–Crippen LogP) is 5.60. The van der Waals surface area contributed by atoms with Gasteiger partial charge in [0.05, 0.1) is 6.04 Å². The number of rotatable bonds is 17. The van der Waals surface area contributed by atoms with Crippen LogP contribution < -0.4 is 15.4 Å². The van der Waals surface area contributed by atoms with Crippen LogP contribution in [0.1, 0.15) is 79.7 Å². The summed E-state index contributed by atoms with van der Waals surface area (Å²) in [5, 5.41) is 5.92. The number of nitrogens with one attached hydrogen (secondary N) is 2. The summed E-state index contributed by atoms with van der Waals surface area (Å²) >= 11 is 0. The van der Waals surface area contributed by atoms with Gasteiger partial charge in [-0.1, -0.05) is 68.3 Å². The van der Waals surface area contributed by atoms with Crippen molar-refractivity contribution in [1.29, 1.82) is 0 Å². The number of hydrogen-bond donors (Lipinski definition) is 2. The molecule has 1 unspecified atom stereocenters. The van der Waals surface area contributed by atoms with Crippen LogP contribution in [0.5, 0.6) is 5.75 Å². The Labute approximate surface area is 236 Å². The van der Waals surface area contributed by atoms with Crippen LogP contribution in [0.4, 0.5) is 0 Å². The highest BCUT2D eigenvalue weighted by Gasteiger charge is 2.24. The normalized spacial score (nSPS) is 13.1. The van der Waals surface area contributed by atoms with E-state index in [4.69, 9.17) is 4.74 Å². The molecule has 0 saturated carbocycles. The van der Waals surface area contributed by atoms with Crippen LogP contribution in [-0.4, -0.2) is 47.7 Å². The van der Waals surface area contributed by atoms with Crippen molar-refractivity contribution < 1.29 is 23.9 Å². The Balaban J connectivity index is 2.50. The Kier molecular flexibility index (Phi) is 15.7. The third-order valence-corrected chi connectivity index (χ3v) is 8.07. The van der Waals surface area contributed by atoms with Crippen molar-refractivity contribution in [3.05, 3.63) is 29.8 Å². The van der Waals surface area contributed by atoms with Crippen molar-refractivity contribution in [2.24, 2.45) is 17.3 Å². The quantitative estimate of drug-likeness (QED) is 0.109. The van der Waals surface area contributed by atoms with Gasteiger partial charge in [-0.2, -0.15) is 0 Å². The van der Waals surface area contributed by atoms with Crippen molar-refractivity contribution >= 4 is 45.2 Å². The zero-order chi connectivity index (χ0) is 28.7. The zero-order valence-corrected chi connectivity index (χ0v) is 25.7. The number of benzene rings is 1. The number of amides is 2. The van der Waals surface area contributed by atoms with Gasteiger partial charge in [0, 0.05) is 37.3 Å². The Hall–Kier alpha value is -2.00. The van der Waals surface area contributed by atoms with E-state index in [1.165, 1.54) is 13.8 Å². The zero-order valence-electron chi connectivity index (χ0n) is 24.1. The van der Waals surface area contributed by atoms with Gasteiger partial charge in [-0.25, -0.2) is 0 Å². The molecular formula is C29H46N2O5S2. The number of aryl methyl sites for hydroxylation is 1. The molecule has 0 aliphatic heterocycles. The number of esters is 1. The molecule has 38 heavy (non-hydrogen) atoms. The Morgan fingerprint density at radius 1 is 1.00 bits per heavy atom. The highest BCUT2D eigenvalue weighted by molar-refractivity contribution is 8.76. The maximum absolute atomic E-state index is 13.1. The van der Waals surface area contributed by atoms with Crippen LogP contribution in [0, 0.1) is 17.3 Å². The van der Waals surface area contributed by atoms with Gasteiger partial charge in [-0.15, -0.1) is 0 Å². The van der Waals surface area contributed by atoms with Crippen LogP contribution in [0.3, 0.4) is 0 Å². The summed E-state index contributed by atoms with van der Waals surface area (Å²) in [6.45, 7) is 13.8. The first-order valence-electron chi connectivity index (χ1n) is 13.4. The van der Waals surface area contributed by atoms with E-state index in [2.05, 4.69) is 24.5 Å². The SMILES string of the molecule is CC(=O)Oc1ccc(CCCC(CC(C)C)C(=O)N[C@@H](CSSCCNC(=O)CC(C)(C)C)C(C)=O)cc1. The molecule has 0 radical (unpaired) electrons. The van der Waals surface area contributed by atoms with Gasteiger partial charge in [0.15, 0.2) is 5.78 Å². The van der Waals surface area contributed by atoms with Crippen LogP contribution in [-0.2, 0) is 25.6 Å². The molecule has 0 spiro atoms. The smallest absolute Gasteiger partial charge is 0.308 e. The number of carbonyl (C=O) groups is 4. The van der Waals surface area contributed by atoms with Crippen molar-refractivity contribution in [2.75, 3.05) is 18.1 Å². The van der Waals surface area contributed by atoms with Gasteiger partial charge in [0.25, 0.3) is 0 Å². The van der Waals surface area contributed by atoms with E-state index in [0.717, 1.165) is 37.0 Å². The first kappa shape index (κ1) is 34.0. The van der Waals surface area contributed by atoms with Gasteiger partial charge >= 0.3 is 5.97 Å². The third-order valence-electron chi connectivity index (χ3n) is 5.65. The van der Waals surface area contributed by atoms with Gasteiger partial charge in [-0.05, 0) is 61.6 Å². The molecule has 7 nitrogen and oxygen atoms in total. The molecule has 0 heterocycles. The maximum atomic E-state index is 13.1. The summed E-state index contributed by atoms with van der Waals surface area (Å²) in [7, 11) is 3.13. The molecule has 2 N–H and O–H groups in total. The van der Waals surface area contributed by atoms with Crippen molar-refractivity contribution in [2.45, 2.75) is 86.6 Å². The van der Waals surface area contributed by atoms with Crippen LogP contribution >= 0.6 is 21.6 Å². The van der Waals surface area contributed by atoms with E-state index in [9.17, 15) is 19.2 Å². The van der Waals surface area contributed by atoms with E-state index in [1.54, 1.807) is 33.7 Å².